The number of nitro groups is 1. The molecule has 0 saturated carbocycles. The summed E-state index contributed by atoms with van der Waals surface area (Å²) in [4.78, 5) is 27.6. The molecule has 0 spiro atoms. The number of rotatable bonds is 7. The number of guanidine groups is 1. The van der Waals surface area contributed by atoms with Gasteiger partial charge in [-0.2, -0.15) is 0 Å². The van der Waals surface area contributed by atoms with Crippen LogP contribution >= 0.6 is 0 Å². The van der Waals surface area contributed by atoms with Gasteiger partial charge < -0.3 is 19.9 Å². The Labute approximate surface area is 166 Å². The van der Waals surface area contributed by atoms with Crippen LogP contribution in [-0.4, -0.2) is 38.1 Å². The number of nitrogens with one attached hydrogen (secondary N) is 1. The zero-order valence-electron chi connectivity index (χ0n) is 16.1. The predicted molar refractivity (Wildman–Crippen MR) is 104 cm³/mol. The molecule has 2 aromatic carbocycles. The fourth-order valence-electron chi connectivity index (χ4n) is 3.31. The van der Waals surface area contributed by atoms with E-state index >= 15 is 0 Å². The van der Waals surface area contributed by atoms with Crippen LogP contribution in [0.2, 0.25) is 0 Å². The van der Waals surface area contributed by atoms with Crippen molar-refractivity contribution in [2.45, 2.75) is 12.0 Å². The number of amides is 1. The van der Waals surface area contributed by atoms with Crippen molar-refractivity contribution in [1.82, 2.24) is 5.32 Å². The molecule has 1 aliphatic rings. The van der Waals surface area contributed by atoms with Gasteiger partial charge in [-0.1, -0.05) is 0 Å². The zero-order valence-corrected chi connectivity index (χ0v) is 16.1. The van der Waals surface area contributed by atoms with E-state index in [1.165, 1.54) is 45.6 Å². The van der Waals surface area contributed by atoms with Crippen molar-refractivity contribution < 1.29 is 23.9 Å². The number of aliphatic imine (C=N–C) groups is 1. The highest BCUT2D eigenvalue weighted by Gasteiger charge is 2.45. The van der Waals surface area contributed by atoms with Gasteiger partial charge in [0, 0.05) is 18.6 Å². The van der Waals surface area contributed by atoms with Gasteiger partial charge in [-0.15, -0.1) is 0 Å². The standard InChI is InChI=1S/C19H20N4O6/c1-27-14-8-11(9-15(28-2)16(14)29-3)10-19(17(24)21-18(20)22-19)12-4-6-13(7-5-12)23(25)26/h4-9H,10H2,1-3H3,(H3,20,21,22,24)/t19-/m0/s1. The molecule has 10 heteroatoms. The Bertz CT molecular complexity index is 964. The van der Waals surface area contributed by atoms with E-state index in [4.69, 9.17) is 19.9 Å². The summed E-state index contributed by atoms with van der Waals surface area (Å²) in [6.45, 7) is 0. The number of methoxy groups -OCH3 is 3. The Morgan fingerprint density at radius 3 is 2.10 bits per heavy atom. The lowest BCUT2D eigenvalue weighted by molar-refractivity contribution is -0.384. The van der Waals surface area contributed by atoms with E-state index in [9.17, 15) is 14.9 Å². The van der Waals surface area contributed by atoms with Gasteiger partial charge in [0.1, 0.15) is 0 Å². The van der Waals surface area contributed by atoms with Crippen LogP contribution in [0.1, 0.15) is 11.1 Å². The highest BCUT2D eigenvalue weighted by Crippen LogP contribution is 2.41. The minimum absolute atomic E-state index is 0.0270. The van der Waals surface area contributed by atoms with Crippen LogP contribution in [0.15, 0.2) is 41.4 Å². The van der Waals surface area contributed by atoms with Crippen LogP contribution in [0.3, 0.4) is 0 Å². The third-order valence-corrected chi connectivity index (χ3v) is 4.67. The average molecular weight is 400 g/mol. The van der Waals surface area contributed by atoms with Gasteiger partial charge >= 0.3 is 0 Å². The summed E-state index contributed by atoms with van der Waals surface area (Å²) in [6, 6.07) is 9.07. The van der Waals surface area contributed by atoms with Crippen LogP contribution < -0.4 is 25.3 Å². The Hall–Kier alpha value is -3.82. The summed E-state index contributed by atoms with van der Waals surface area (Å²) in [7, 11) is 4.48. The van der Waals surface area contributed by atoms with Crippen molar-refractivity contribution in [3.8, 4) is 17.2 Å². The maximum Gasteiger partial charge on any atom is 0.269 e. The number of nitro benzene ring substituents is 1. The molecule has 0 aromatic heterocycles. The molecule has 1 heterocycles. The number of hydrogen-bond acceptors (Lipinski definition) is 8. The summed E-state index contributed by atoms with van der Waals surface area (Å²) in [5.41, 5.74) is 5.43. The van der Waals surface area contributed by atoms with E-state index in [2.05, 4.69) is 10.3 Å². The van der Waals surface area contributed by atoms with Crippen molar-refractivity contribution >= 4 is 17.6 Å². The molecular formula is C19H20N4O6. The molecule has 0 fully saturated rings. The lowest BCUT2D eigenvalue weighted by Crippen LogP contribution is -2.40. The predicted octanol–water partition coefficient (Wildman–Crippen LogP) is 1.50. The normalized spacial score (nSPS) is 18.0. The third-order valence-electron chi connectivity index (χ3n) is 4.67. The molecule has 0 unspecified atom stereocenters. The number of ether oxygens (including phenoxy) is 3. The summed E-state index contributed by atoms with van der Waals surface area (Å²) in [6.07, 6.45) is 0.119. The van der Waals surface area contributed by atoms with Crippen LogP contribution in [0.25, 0.3) is 0 Å². The van der Waals surface area contributed by atoms with Crippen molar-refractivity contribution in [3.05, 3.63) is 57.6 Å². The van der Waals surface area contributed by atoms with E-state index in [1.54, 1.807) is 12.1 Å². The first-order valence-corrected chi connectivity index (χ1v) is 8.55. The second-order valence-electron chi connectivity index (χ2n) is 6.33. The van der Waals surface area contributed by atoms with Crippen LogP contribution in [0.5, 0.6) is 17.2 Å². The van der Waals surface area contributed by atoms with Crippen LogP contribution in [0, 0.1) is 10.1 Å². The molecule has 0 radical (unpaired) electrons. The van der Waals surface area contributed by atoms with Gasteiger partial charge in [0.25, 0.3) is 11.6 Å². The van der Waals surface area contributed by atoms with E-state index < -0.39 is 16.4 Å². The van der Waals surface area contributed by atoms with Crippen LogP contribution in [0.4, 0.5) is 5.69 Å². The second kappa shape index (κ2) is 7.66. The quantitative estimate of drug-likeness (QED) is 0.530. The molecule has 1 amide bonds. The first-order valence-electron chi connectivity index (χ1n) is 8.55. The first-order chi connectivity index (χ1) is 13.8. The average Bonchev–Trinajstić information content (AvgIpc) is 3.00. The van der Waals surface area contributed by atoms with Crippen molar-refractivity contribution in [2.24, 2.45) is 10.7 Å². The van der Waals surface area contributed by atoms with Gasteiger partial charge in [0.15, 0.2) is 23.0 Å². The second-order valence-corrected chi connectivity index (χ2v) is 6.33. The van der Waals surface area contributed by atoms with Gasteiger partial charge in [-0.05, 0) is 35.4 Å². The summed E-state index contributed by atoms with van der Waals surface area (Å²) in [5, 5.41) is 13.5. The van der Waals surface area contributed by atoms with E-state index in [1.807, 2.05) is 0 Å². The van der Waals surface area contributed by atoms with Gasteiger partial charge in [-0.25, -0.2) is 4.99 Å². The minimum atomic E-state index is -1.39. The Kier molecular flexibility index (Phi) is 5.26. The fraction of sp³-hybridized carbons (Fsp3) is 0.263. The largest absolute Gasteiger partial charge is 0.493 e. The number of nitrogens with two attached hydrogens (primary N) is 1. The van der Waals surface area contributed by atoms with Gasteiger partial charge in [-0.3, -0.25) is 20.2 Å². The Balaban J connectivity index is 2.11. The van der Waals surface area contributed by atoms with E-state index in [0.29, 0.717) is 28.4 Å². The molecule has 152 valence electrons. The first kappa shape index (κ1) is 19.9. The number of carbonyl (C=O) groups is 1. The fourth-order valence-corrected chi connectivity index (χ4v) is 3.31. The zero-order chi connectivity index (χ0) is 21.2. The van der Waals surface area contributed by atoms with E-state index in [-0.39, 0.29) is 18.1 Å². The van der Waals surface area contributed by atoms with E-state index in [0.717, 1.165) is 0 Å². The molecule has 0 bridgehead atoms. The number of hydrogen-bond donors (Lipinski definition) is 2. The maximum absolute atomic E-state index is 12.8. The molecule has 0 saturated heterocycles. The number of benzene rings is 2. The SMILES string of the molecule is COc1cc(C[C@@]2(c3ccc([N+](=O)[O-])cc3)N=C(N)NC2=O)cc(OC)c1OC. The van der Waals surface area contributed by atoms with Crippen LogP contribution in [-0.2, 0) is 16.8 Å². The molecular weight excluding hydrogens is 380 g/mol. The monoisotopic (exact) mass is 400 g/mol. The summed E-state index contributed by atoms with van der Waals surface area (Å²) < 4.78 is 16.1. The van der Waals surface area contributed by atoms with Gasteiger partial charge in [0.2, 0.25) is 5.75 Å². The van der Waals surface area contributed by atoms with Gasteiger partial charge in [0.05, 0.1) is 26.3 Å². The lowest BCUT2D eigenvalue weighted by atomic mass is 9.83. The number of carbonyl (C=O) groups excluding carboxylic acids is 1. The molecule has 0 aliphatic carbocycles. The number of non-ortho nitro benzene ring substituents is 1. The molecule has 1 aliphatic heterocycles. The Morgan fingerprint density at radius 1 is 1.10 bits per heavy atom. The summed E-state index contributed by atoms with van der Waals surface area (Å²) in [5.74, 6) is 0.813. The maximum atomic E-state index is 12.8. The molecule has 1 atom stereocenters. The minimum Gasteiger partial charge on any atom is -0.493 e. The molecule has 10 nitrogen and oxygen atoms in total. The van der Waals surface area contributed by atoms with Crippen molar-refractivity contribution in [2.75, 3.05) is 21.3 Å². The highest BCUT2D eigenvalue weighted by atomic mass is 16.6. The summed E-state index contributed by atoms with van der Waals surface area (Å²) >= 11 is 0. The smallest absolute Gasteiger partial charge is 0.269 e. The molecule has 29 heavy (non-hydrogen) atoms. The topological polar surface area (TPSA) is 138 Å². The molecule has 2 aromatic rings. The molecule has 3 rings (SSSR count). The lowest BCUT2D eigenvalue weighted by Gasteiger charge is -2.25. The van der Waals surface area contributed by atoms with Crippen molar-refractivity contribution in [3.63, 3.8) is 0 Å². The molecule has 3 N–H and O–H groups in total. The Morgan fingerprint density at radius 2 is 1.69 bits per heavy atom. The third kappa shape index (κ3) is 3.51. The van der Waals surface area contributed by atoms with Crippen molar-refractivity contribution in [1.29, 1.82) is 0 Å². The highest BCUT2D eigenvalue weighted by molar-refractivity contribution is 6.07. The number of nitrogens with zero attached hydrogens (tertiary/aromatic N) is 2.